The minimum absolute atomic E-state index is 0.785. The molecule has 0 unspecified atom stereocenters. The van der Waals surface area contributed by atoms with Crippen molar-refractivity contribution in [2.24, 2.45) is 4.99 Å². The maximum atomic E-state index is 4.36. The number of aliphatic imine (C=N–C) groups is 1. The number of allylic oxidation sites excluding steroid dienone is 1. The Morgan fingerprint density at radius 2 is 1.95 bits per heavy atom. The van der Waals surface area contributed by atoms with E-state index >= 15 is 0 Å². The first kappa shape index (κ1) is 18.0. The molecule has 0 aliphatic heterocycles. The van der Waals surface area contributed by atoms with Crippen LogP contribution in [0.15, 0.2) is 17.6 Å². The van der Waals surface area contributed by atoms with Crippen molar-refractivity contribution < 1.29 is 0 Å². The van der Waals surface area contributed by atoms with Crippen molar-refractivity contribution in [3.63, 3.8) is 0 Å². The molecule has 1 aliphatic carbocycles. The Morgan fingerprint density at radius 1 is 1.24 bits per heavy atom. The number of nitrogens with zero attached hydrogens (tertiary/aromatic N) is 3. The van der Waals surface area contributed by atoms with Gasteiger partial charge in [0, 0.05) is 39.8 Å². The Kier molecular flexibility index (Phi) is 9.15. The molecular formula is C17H34N4. The van der Waals surface area contributed by atoms with Crippen molar-refractivity contribution in [2.75, 3.05) is 40.8 Å². The molecular weight excluding hydrogens is 260 g/mol. The Hall–Kier alpha value is -1.03. The summed E-state index contributed by atoms with van der Waals surface area (Å²) in [6.45, 7) is 6.84. The van der Waals surface area contributed by atoms with Crippen LogP contribution in [-0.4, -0.2) is 62.6 Å². The zero-order valence-corrected chi connectivity index (χ0v) is 14.3. The van der Waals surface area contributed by atoms with Gasteiger partial charge in [-0.3, -0.25) is 4.99 Å². The lowest BCUT2D eigenvalue weighted by Crippen LogP contribution is -2.44. The minimum Gasteiger partial charge on any atom is -0.355 e. The largest absolute Gasteiger partial charge is 0.355 e. The number of rotatable bonds is 8. The third-order valence-electron chi connectivity index (χ3n) is 4.42. The van der Waals surface area contributed by atoms with E-state index in [2.05, 4.69) is 40.8 Å². The van der Waals surface area contributed by atoms with Gasteiger partial charge in [-0.15, -0.1) is 6.58 Å². The molecule has 0 radical (unpaired) electrons. The van der Waals surface area contributed by atoms with Gasteiger partial charge < -0.3 is 15.1 Å². The summed E-state index contributed by atoms with van der Waals surface area (Å²) in [5.41, 5.74) is 0. The minimum atomic E-state index is 0.785. The van der Waals surface area contributed by atoms with E-state index in [0.29, 0.717) is 0 Å². The summed E-state index contributed by atoms with van der Waals surface area (Å²) in [4.78, 5) is 9.07. The highest BCUT2D eigenvalue weighted by molar-refractivity contribution is 5.79. The van der Waals surface area contributed by atoms with Gasteiger partial charge >= 0.3 is 0 Å². The lowest BCUT2D eigenvalue weighted by molar-refractivity contribution is 0.194. The molecule has 0 amide bonds. The molecule has 1 rings (SSSR count). The van der Waals surface area contributed by atoms with Crippen LogP contribution in [0.5, 0.6) is 0 Å². The van der Waals surface area contributed by atoms with E-state index in [9.17, 15) is 0 Å². The molecule has 1 fully saturated rings. The zero-order chi connectivity index (χ0) is 15.5. The summed E-state index contributed by atoms with van der Waals surface area (Å²) in [7, 11) is 6.22. The van der Waals surface area contributed by atoms with Crippen LogP contribution in [0.3, 0.4) is 0 Å². The first-order valence-corrected chi connectivity index (χ1v) is 8.42. The van der Waals surface area contributed by atoms with Gasteiger partial charge in [0.1, 0.15) is 0 Å². The van der Waals surface area contributed by atoms with Crippen LogP contribution in [0.25, 0.3) is 0 Å². The molecule has 0 atom stereocenters. The highest BCUT2D eigenvalue weighted by Crippen LogP contribution is 2.21. The summed E-state index contributed by atoms with van der Waals surface area (Å²) >= 11 is 0. The van der Waals surface area contributed by atoms with E-state index in [1.165, 1.54) is 32.1 Å². The third kappa shape index (κ3) is 6.98. The van der Waals surface area contributed by atoms with E-state index in [0.717, 1.165) is 44.5 Å². The number of likely N-dealkylation sites (N-methyl/N-ethyl adjacent to an activating group) is 1. The Balaban J connectivity index is 2.23. The molecule has 21 heavy (non-hydrogen) atoms. The number of hydrogen-bond acceptors (Lipinski definition) is 2. The predicted molar refractivity (Wildman–Crippen MR) is 92.9 cm³/mol. The maximum Gasteiger partial charge on any atom is 0.193 e. The molecule has 0 aromatic heterocycles. The van der Waals surface area contributed by atoms with Crippen LogP contribution in [0.1, 0.15) is 44.9 Å². The third-order valence-corrected chi connectivity index (χ3v) is 4.42. The van der Waals surface area contributed by atoms with E-state index in [1.807, 2.05) is 13.1 Å². The van der Waals surface area contributed by atoms with E-state index in [4.69, 9.17) is 0 Å². The summed E-state index contributed by atoms with van der Waals surface area (Å²) in [6, 6.07) is 0.785. The molecule has 122 valence electrons. The maximum absolute atomic E-state index is 4.36. The number of unbranched alkanes of at least 4 members (excludes halogenated alkanes) is 1. The lowest BCUT2D eigenvalue weighted by Gasteiger charge is -2.31. The second-order valence-corrected chi connectivity index (χ2v) is 6.10. The molecule has 1 aliphatic rings. The van der Waals surface area contributed by atoms with Crippen LogP contribution in [0.2, 0.25) is 0 Å². The van der Waals surface area contributed by atoms with Gasteiger partial charge in [-0.25, -0.2) is 0 Å². The van der Waals surface area contributed by atoms with Gasteiger partial charge in [-0.1, -0.05) is 25.3 Å². The van der Waals surface area contributed by atoms with Gasteiger partial charge in [-0.2, -0.15) is 0 Å². The second kappa shape index (κ2) is 10.7. The van der Waals surface area contributed by atoms with Crippen LogP contribution < -0.4 is 5.32 Å². The number of nitrogens with one attached hydrogen (secondary N) is 1. The fourth-order valence-corrected chi connectivity index (χ4v) is 3.01. The first-order valence-electron chi connectivity index (χ1n) is 8.42. The summed E-state index contributed by atoms with van der Waals surface area (Å²) in [5, 5.41) is 3.47. The second-order valence-electron chi connectivity index (χ2n) is 6.10. The lowest BCUT2D eigenvalue weighted by atomic mass is 9.94. The number of guanidine groups is 1. The molecule has 0 aromatic rings. The average molecular weight is 294 g/mol. The van der Waals surface area contributed by atoms with Crippen molar-refractivity contribution >= 4 is 5.96 Å². The van der Waals surface area contributed by atoms with Crippen LogP contribution >= 0.6 is 0 Å². The molecule has 0 heterocycles. The van der Waals surface area contributed by atoms with Crippen molar-refractivity contribution in [3.8, 4) is 0 Å². The van der Waals surface area contributed by atoms with Crippen LogP contribution in [0, 0.1) is 0 Å². The molecule has 4 nitrogen and oxygen atoms in total. The molecule has 0 spiro atoms. The Morgan fingerprint density at radius 3 is 2.57 bits per heavy atom. The Labute approximate surface area is 131 Å². The first-order chi connectivity index (χ1) is 10.2. The van der Waals surface area contributed by atoms with Crippen molar-refractivity contribution in [1.82, 2.24) is 15.1 Å². The molecule has 1 N–H and O–H groups in total. The summed E-state index contributed by atoms with van der Waals surface area (Å²) in [6.07, 6.45) is 11.1. The van der Waals surface area contributed by atoms with Crippen molar-refractivity contribution in [1.29, 1.82) is 0 Å². The van der Waals surface area contributed by atoms with Gasteiger partial charge in [-0.05, 0) is 32.7 Å². The fourth-order valence-electron chi connectivity index (χ4n) is 3.01. The SMILES string of the molecule is C=CCCCN(C)C(=NC)NCCN(C)C1CCCCC1. The molecule has 0 bridgehead atoms. The monoisotopic (exact) mass is 294 g/mol. The fraction of sp³-hybridized carbons (Fsp3) is 0.824. The van der Waals surface area contributed by atoms with Crippen molar-refractivity contribution in [2.45, 2.75) is 51.0 Å². The predicted octanol–water partition coefficient (Wildman–Crippen LogP) is 2.72. The van der Waals surface area contributed by atoms with E-state index in [-0.39, 0.29) is 0 Å². The smallest absolute Gasteiger partial charge is 0.193 e. The summed E-state index contributed by atoms with van der Waals surface area (Å²) in [5.74, 6) is 0.996. The molecule has 4 heteroatoms. The standard InChI is InChI=1S/C17H34N4/c1-5-6-10-14-21(4)17(18-2)19-13-15-20(3)16-11-8-7-9-12-16/h5,16H,1,6-15H2,2-4H3,(H,18,19). The molecule has 1 saturated carbocycles. The molecule has 0 saturated heterocycles. The topological polar surface area (TPSA) is 30.9 Å². The van der Waals surface area contributed by atoms with Gasteiger partial charge in [0.05, 0.1) is 0 Å². The van der Waals surface area contributed by atoms with Crippen molar-refractivity contribution in [3.05, 3.63) is 12.7 Å². The van der Waals surface area contributed by atoms with E-state index < -0.39 is 0 Å². The average Bonchev–Trinajstić information content (AvgIpc) is 2.52. The van der Waals surface area contributed by atoms with Gasteiger partial charge in [0.25, 0.3) is 0 Å². The van der Waals surface area contributed by atoms with E-state index in [1.54, 1.807) is 0 Å². The highest BCUT2D eigenvalue weighted by Gasteiger charge is 2.17. The normalized spacial score (nSPS) is 17.0. The molecule has 0 aromatic carbocycles. The highest BCUT2D eigenvalue weighted by atomic mass is 15.3. The van der Waals surface area contributed by atoms with Crippen LogP contribution in [-0.2, 0) is 0 Å². The van der Waals surface area contributed by atoms with Gasteiger partial charge in [0.2, 0.25) is 0 Å². The zero-order valence-electron chi connectivity index (χ0n) is 14.3. The van der Waals surface area contributed by atoms with Gasteiger partial charge in [0.15, 0.2) is 5.96 Å². The summed E-state index contributed by atoms with van der Waals surface area (Å²) < 4.78 is 0. The Bertz CT molecular complexity index is 308. The quantitative estimate of drug-likeness (QED) is 0.323. The van der Waals surface area contributed by atoms with Crippen LogP contribution in [0.4, 0.5) is 0 Å². The number of hydrogen-bond donors (Lipinski definition) is 1.